The lowest BCUT2D eigenvalue weighted by Crippen LogP contribution is -2.35. The first-order chi connectivity index (χ1) is 27.8. The van der Waals surface area contributed by atoms with Gasteiger partial charge >= 0.3 is 14.2 Å². The molecule has 0 saturated carbocycles. The van der Waals surface area contributed by atoms with Crippen LogP contribution in [-0.2, 0) is 18.6 Å². The van der Waals surface area contributed by atoms with Gasteiger partial charge in [0.05, 0.1) is 52.4 Å². The average Bonchev–Trinajstić information content (AvgIpc) is 3.97. The normalized spacial score (nSPS) is 19.6. The van der Waals surface area contributed by atoms with Gasteiger partial charge in [-0.3, -0.25) is 0 Å². The van der Waals surface area contributed by atoms with Crippen LogP contribution in [0.4, 0.5) is 0 Å². The second kappa shape index (κ2) is 17.5. The predicted molar refractivity (Wildman–Crippen MR) is 229 cm³/mol. The van der Waals surface area contributed by atoms with Gasteiger partial charge in [-0.15, -0.1) is 0 Å². The Morgan fingerprint density at radius 2 is 1.02 bits per heavy atom. The van der Waals surface area contributed by atoms with E-state index in [-0.39, 0.29) is 12.0 Å². The van der Waals surface area contributed by atoms with Crippen molar-refractivity contribution in [1.29, 1.82) is 0 Å². The minimum atomic E-state index is -0.496. The molecule has 300 valence electrons. The zero-order valence-electron chi connectivity index (χ0n) is 34.9. The Labute approximate surface area is 340 Å². The molecular formula is C47H58B2O8. The highest BCUT2D eigenvalue weighted by Crippen LogP contribution is 2.53. The monoisotopic (exact) mass is 772 g/mol. The van der Waals surface area contributed by atoms with E-state index >= 15 is 0 Å². The van der Waals surface area contributed by atoms with Gasteiger partial charge in [-0.2, -0.15) is 0 Å². The van der Waals surface area contributed by atoms with Crippen LogP contribution in [-0.4, -0.2) is 66.6 Å². The number of ether oxygens (including phenoxy) is 4. The summed E-state index contributed by atoms with van der Waals surface area (Å²) in [5.41, 5.74) is 10.4. The molecule has 8 nitrogen and oxygen atoms in total. The highest BCUT2D eigenvalue weighted by atomic mass is 16.6. The summed E-state index contributed by atoms with van der Waals surface area (Å²) in [5.74, 6) is 4.18. The van der Waals surface area contributed by atoms with Gasteiger partial charge < -0.3 is 37.6 Å². The molecule has 6 heterocycles. The number of hydrogen-bond donors (Lipinski definition) is 0. The van der Waals surface area contributed by atoms with Crippen molar-refractivity contribution in [3.63, 3.8) is 0 Å². The molecule has 2 saturated heterocycles. The minimum absolute atomic E-state index is 0.106. The molecule has 0 N–H and O–H groups in total. The van der Waals surface area contributed by atoms with Gasteiger partial charge in [-0.05, 0) is 104 Å². The fraction of sp³-hybridized carbons (Fsp3) is 0.489. The molecule has 5 atom stereocenters. The third kappa shape index (κ3) is 8.21. The zero-order chi connectivity index (χ0) is 39.6. The molecule has 4 aromatic carbocycles. The van der Waals surface area contributed by atoms with Crippen molar-refractivity contribution < 1.29 is 37.6 Å². The van der Waals surface area contributed by atoms with E-state index in [0.717, 1.165) is 98.4 Å². The summed E-state index contributed by atoms with van der Waals surface area (Å²) in [6, 6.07) is 22.0. The van der Waals surface area contributed by atoms with Gasteiger partial charge in [0.1, 0.15) is 0 Å². The highest BCUT2D eigenvalue weighted by molar-refractivity contribution is 6.62. The summed E-state index contributed by atoms with van der Waals surface area (Å²) in [5, 5.41) is 0. The molecule has 0 amide bonds. The number of benzene rings is 4. The highest BCUT2D eigenvalue weighted by Gasteiger charge is 2.39. The van der Waals surface area contributed by atoms with Crippen molar-refractivity contribution in [2.24, 2.45) is 23.7 Å². The Hall–Kier alpha value is -3.95. The molecule has 2 fully saturated rings. The van der Waals surface area contributed by atoms with Gasteiger partial charge in [-0.25, -0.2) is 0 Å². The summed E-state index contributed by atoms with van der Waals surface area (Å²) in [6.45, 7) is 19.3. The third-order valence-corrected chi connectivity index (χ3v) is 12.5. The smallest absolute Gasteiger partial charge is 0.489 e. The van der Waals surface area contributed by atoms with Crippen LogP contribution in [0.1, 0.15) is 74.1 Å². The van der Waals surface area contributed by atoms with Crippen molar-refractivity contribution in [1.82, 2.24) is 0 Å². The van der Waals surface area contributed by atoms with Crippen molar-refractivity contribution in [3.8, 4) is 67.5 Å². The predicted octanol–water partition coefficient (Wildman–Crippen LogP) is 9.21. The summed E-state index contributed by atoms with van der Waals surface area (Å²) in [6.07, 6.45) is 3.83. The number of rotatable bonds is 14. The molecule has 7 aliphatic rings. The standard InChI is InChI=1S/C47H58B2O8/c1-8-29(5)24-50-43-20-39-38-19-34-13-15-36(38)35-14-12-33(48-54-16-17-55-48)18-37(35)40-21-46(53-27-32(11-4)47-28-56-49(34)57-47)45(52-26-31(7)10-3)23-42(40)41(39)22-44(43)51-25-30(6)9-2/h12-15,18-23,29-32,47H,8-11,16-17,24-28H2,1-7H3. The van der Waals surface area contributed by atoms with E-state index in [2.05, 4.69) is 109 Å². The van der Waals surface area contributed by atoms with Crippen molar-refractivity contribution in [3.05, 3.63) is 60.7 Å². The van der Waals surface area contributed by atoms with E-state index in [1.807, 2.05) is 0 Å². The molecule has 1 aliphatic carbocycles. The lowest BCUT2D eigenvalue weighted by atomic mass is 9.72. The van der Waals surface area contributed by atoms with Crippen LogP contribution in [0.15, 0.2) is 60.7 Å². The van der Waals surface area contributed by atoms with Gasteiger partial charge in [-0.1, -0.05) is 104 Å². The second-order valence-corrected chi connectivity index (χ2v) is 16.7. The molecule has 11 rings (SSSR count). The topological polar surface area (TPSA) is 73.8 Å². The maximum absolute atomic E-state index is 6.88. The first-order valence-electron chi connectivity index (χ1n) is 21.4. The maximum atomic E-state index is 6.88. The molecule has 4 aromatic rings. The zero-order valence-corrected chi connectivity index (χ0v) is 34.9. The number of hydrogen-bond acceptors (Lipinski definition) is 8. The van der Waals surface area contributed by atoms with Crippen LogP contribution < -0.4 is 29.9 Å². The van der Waals surface area contributed by atoms with Crippen LogP contribution in [0.3, 0.4) is 0 Å². The maximum Gasteiger partial charge on any atom is 0.494 e. The van der Waals surface area contributed by atoms with E-state index < -0.39 is 14.2 Å². The summed E-state index contributed by atoms with van der Waals surface area (Å²) in [4.78, 5) is 0. The Morgan fingerprint density at radius 3 is 1.54 bits per heavy atom. The summed E-state index contributed by atoms with van der Waals surface area (Å²) < 4.78 is 52.3. The van der Waals surface area contributed by atoms with Crippen LogP contribution in [0.25, 0.3) is 44.5 Å². The first kappa shape index (κ1) is 39.9. The Balaban J connectivity index is 1.44. The van der Waals surface area contributed by atoms with E-state index in [0.29, 0.717) is 69.8 Å². The molecule has 5 unspecified atom stereocenters. The third-order valence-electron chi connectivity index (χ3n) is 12.5. The van der Waals surface area contributed by atoms with Crippen molar-refractivity contribution >= 4 is 25.2 Å². The van der Waals surface area contributed by atoms with Crippen molar-refractivity contribution in [2.75, 3.05) is 46.2 Å². The average molecular weight is 773 g/mol. The second-order valence-electron chi connectivity index (χ2n) is 16.7. The fourth-order valence-corrected chi connectivity index (χ4v) is 7.92. The quantitative estimate of drug-likeness (QED) is 0.104. The number of fused-ring (bicyclic) bond motifs is 2. The molecule has 0 aromatic heterocycles. The first-order valence-corrected chi connectivity index (χ1v) is 21.4. The molecule has 0 spiro atoms. The fourth-order valence-electron chi connectivity index (χ4n) is 7.92. The molecule has 8 bridgehead atoms. The van der Waals surface area contributed by atoms with Crippen LogP contribution >= 0.6 is 0 Å². The molecule has 6 aliphatic heterocycles. The lowest BCUT2D eigenvalue weighted by molar-refractivity contribution is 0.106. The van der Waals surface area contributed by atoms with Gasteiger partial charge in [0.15, 0.2) is 23.0 Å². The Kier molecular flexibility index (Phi) is 12.2. The summed E-state index contributed by atoms with van der Waals surface area (Å²) in [7, 11) is -0.924. The Morgan fingerprint density at radius 1 is 0.544 bits per heavy atom. The molecular weight excluding hydrogens is 714 g/mol. The van der Waals surface area contributed by atoms with E-state index in [4.69, 9.17) is 37.6 Å². The Bertz CT molecular complexity index is 2050. The minimum Gasteiger partial charge on any atom is -0.489 e. The van der Waals surface area contributed by atoms with Crippen LogP contribution in [0, 0.1) is 23.7 Å². The summed E-state index contributed by atoms with van der Waals surface area (Å²) >= 11 is 0. The van der Waals surface area contributed by atoms with Crippen LogP contribution in [0.2, 0.25) is 0 Å². The lowest BCUT2D eigenvalue weighted by Gasteiger charge is -2.28. The van der Waals surface area contributed by atoms with Gasteiger partial charge in [0.25, 0.3) is 0 Å². The molecule has 0 radical (unpaired) electrons. The largest absolute Gasteiger partial charge is 0.494 e. The van der Waals surface area contributed by atoms with E-state index in [1.165, 1.54) is 0 Å². The van der Waals surface area contributed by atoms with Gasteiger partial charge in [0, 0.05) is 5.92 Å². The molecule has 10 heteroatoms. The van der Waals surface area contributed by atoms with Gasteiger partial charge in [0.2, 0.25) is 0 Å². The van der Waals surface area contributed by atoms with Crippen LogP contribution in [0.5, 0.6) is 23.0 Å². The molecule has 57 heavy (non-hydrogen) atoms. The van der Waals surface area contributed by atoms with E-state index in [1.54, 1.807) is 0 Å². The SMILES string of the molecule is CCC(C)COc1cc2c(cc1OCC(C)CC)-c1cc(OCC(C)CC)c3cc1-c1cc(B4OCCO4)ccc1-c1ccc(cc1-2)B1OCC(O1)C(CC)CO3. The van der Waals surface area contributed by atoms with E-state index in [9.17, 15) is 0 Å². The van der Waals surface area contributed by atoms with Crippen molar-refractivity contribution in [2.45, 2.75) is 80.3 Å².